The summed E-state index contributed by atoms with van der Waals surface area (Å²) < 4.78 is 0. The summed E-state index contributed by atoms with van der Waals surface area (Å²) in [5.74, 6) is -0.0447. The van der Waals surface area contributed by atoms with E-state index in [0.29, 0.717) is 6.42 Å². The molecule has 19 heavy (non-hydrogen) atoms. The minimum atomic E-state index is -0.154. The van der Waals surface area contributed by atoms with Crippen molar-refractivity contribution in [2.45, 2.75) is 33.2 Å². The minimum absolute atomic E-state index is 0.0447. The summed E-state index contributed by atoms with van der Waals surface area (Å²) in [6, 6.07) is 7.58. The van der Waals surface area contributed by atoms with Gasteiger partial charge < -0.3 is 16.0 Å². The lowest BCUT2D eigenvalue weighted by Crippen LogP contribution is -2.38. The number of para-hydroxylation sites is 2. The van der Waals surface area contributed by atoms with Crippen LogP contribution in [0.1, 0.15) is 27.2 Å². The van der Waals surface area contributed by atoms with E-state index in [0.717, 1.165) is 11.4 Å². The van der Waals surface area contributed by atoms with Crippen molar-refractivity contribution in [2.24, 2.45) is 11.1 Å². The number of carbonyl (C=O) groups is 1. The zero-order valence-corrected chi connectivity index (χ0v) is 12.5. The smallest absolute Gasteiger partial charge is 0.226 e. The van der Waals surface area contributed by atoms with E-state index in [9.17, 15) is 4.79 Å². The molecule has 1 aromatic rings. The molecule has 1 rings (SSSR count). The van der Waals surface area contributed by atoms with E-state index in [1.54, 1.807) is 0 Å². The van der Waals surface area contributed by atoms with Crippen molar-refractivity contribution in [3.8, 4) is 0 Å². The van der Waals surface area contributed by atoms with Crippen LogP contribution in [0.4, 0.5) is 11.4 Å². The van der Waals surface area contributed by atoms with Crippen LogP contribution in [0.3, 0.4) is 0 Å². The van der Waals surface area contributed by atoms with E-state index in [4.69, 9.17) is 5.73 Å². The lowest BCUT2D eigenvalue weighted by molar-refractivity contribution is -0.117. The SMILES string of the molecule is CN(C)c1ccccc1NC(=O)CC(N)C(C)(C)C. The van der Waals surface area contributed by atoms with Crippen molar-refractivity contribution >= 4 is 17.3 Å². The Morgan fingerprint density at radius 1 is 1.32 bits per heavy atom. The summed E-state index contributed by atoms with van der Waals surface area (Å²) >= 11 is 0. The molecule has 1 atom stereocenters. The first-order valence-corrected chi connectivity index (χ1v) is 6.53. The van der Waals surface area contributed by atoms with Crippen molar-refractivity contribution in [1.82, 2.24) is 0 Å². The Morgan fingerprint density at radius 2 is 1.89 bits per heavy atom. The van der Waals surface area contributed by atoms with Crippen LogP contribution >= 0.6 is 0 Å². The maximum atomic E-state index is 12.0. The van der Waals surface area contributed by atoms with Gasteiger partial charge in [-0.1, -0.05) is 32.9 Å². The summed E-state index contributed by atoms with van der Waals surface area (Å²) in [7, 11) is 3.90. The molecule has 1 amide bonds. The molecule has 0 aromatic heterocycles. The Hall–Kier alpha value is -1.55. The van der Waals surface area contributed by atoms with Gasteiger partial charge in [0.05, 0.1) is 11.4 Å². The molecule has 1 unspecified atom stereocenters. The highest BCUT2D eigenvalue weighted by molar-refractivity contribution is 5.94. The predicted octanol–water partition coefficient (Wildman–Crippen LogP) is 2.45. The standard InChI is InChI=1S/C15H25N3O/c1-15(2,3)13(16)10-14(19)17-11-8-6-7-9-12(11)18(4)5/h6-9,13H,10,16H2,1-5H3,(H,17,19). The van der Waals surface area contributed by atoms with Gasteiger partial charge in [-0.15, -0.1) is 0 Å². The second-order valence-electron chi connectivity index (χ2n) is 6.14. The normalized spacial score (nSPS) is 12.9. The highest BCUT2D eigenvalue weighted by atomic mass is 16.1. The van der Waals surface area contributed by atoms with Crippen molar-refractivity contribution in [1.29, 1.82) is 0 Å². The second-order valence-corrected chi connectivity index (χ2v) is 6.14. The molecule has 0 fully saturated rings. The molecule has 0 aliphatic heterocycles. The van der Waals surface area contributed by atoms with Gasteiger partial charge in [0.2, 0.25) is 5.91 Å². The fourth-order valence-electron chi connectivity index (χ4n) is 1.68. The third-order valence-electron chi connectivity index (χ3n) is 3.18. The van der Waals surface area contributed by atoms with Gasteiger partial charge in [0, 0.05) is 26.6 Å². The van der Waals surface area contributed by atoms with E-state index in [1.165, 1.54) is 0 Å². The van der Waals surface area contributed by atoms with Gasteiger partial charge in [0.15, 0.2) is 0 Å². The zero-order chi connectivity index (χ0) is 14.6. The molecule has 106 valence electrons. The van der Waals surface area contributed by atoms with Crippen molar-refractivity contribution in [3.63, 3.8) is 0 Å². The van der Waals surface area contributed by atoms with E-state index in [1.807, 2.05) is 64.0 Å². The first-order chi connectivity index (χ1) is 8.71. The molecule has 0 aliphatic rings. The third kappa shape index (κ3) is 4.56. The fourth-order valence-corrected chi connectivity index (χ4v) is 1.68. The summed E-state index contributed by atoms with van der Waals surface area (Å²) in [5, 5.41) is 2.93. The summed E-state index contributed by atoms with van der Waals surface area (Å²) in [6.45, 7) is 6.12. The van der Waals surface area contributed by atoms with Gasteiger partial charge in [0.1, 0.15) is 0 Å². The van der Waals surface area contributed by atoms with Crippen LogP contribution in [0.5, 0.6) is 0 Å². The number of carbonyl (C=O) groups excluding carboxylic acids is 1. The number of benzene rings is 1. The first kappa shape index (κ1) is 15.5. The third-order valence-corrected chi connectivity index (χ3v) is 3.18. The monoisotopic (exact) mass is 263 g/mol. The largest absolute Gasteiger partial charge is 0.376 e. The molecule has 0 spiro atoms. The van der Waals surface area contributed by atoms with Gasteiger partial charge in [-0.2, -0.15) is 0 Å². The number of nitrogens with zero attached hydrogens (tertiary/aromatic N) is 1. The molecule has 0 heterocycles. The summed E-state index contributed by atoms with van der Waals surface area (Å²) in [4.78, 5) is 14.0. The van der Waals surface area contributed by atoms with Crippen LogP contribution in [-0.2, 0) is 4.79 Å². The number of amides is 1. The molecule has 0 bridgehead atoms. The van der Waals surface area contributed by atoms with Crippen molar-refractivity contribution in [2.75, 3.05) is 24.3 Å². The maximum absolute atomic E-state index is 12.0. The van der Waals surface area contributed by atoms with Crippen LogP contribution in [-0.4, -0.2) is 26.0 Å². The maximum Gasteiger partial charge on any atom is 0.226 e. The molecule has 3 N–H and O–H groups in total. The number of hydrogen-bond donors (Lipinski definition) is 2. The molecule has 4 heteroatoms. The molecular weight excluding hydrogens is 238 g/mol. The Kier molecular flexibility index (Phi) is 4.95. The lowest BCUT2D eigenvalue weighted by atomic mass is 9.85. The van der Waals surface area contributed by atoms with Crippen LogP contribution in [0, 0.1) is 5.41 Å². The summed E-state index contributed by atoms with van der Waals surface area (Å²) in [6.07, 6.45) is 0.325. The second kappa shape index (κ2) is 6.06. The Morgan fingerprint density at radius 3 is 2.42 bits per heavy atom. The molecule has 4 nitrogen and oxygen atoms in total. The number of hydrogen-bond acceptors (Lipinski definition) is 3. The van der Waals surface area contributed by atoms with Crippen molar-refractivity contribution < 1.29 is 4.79 Å². The number of nitrogens with one attached hydrogen (secondary N) is 1. The summed E-state index contributed by atoms with van der Waals surface area (Å²) in [5.41, 5.74) is 7.77. The molecule has 0 radical (unpaired) electrons. The van der Waals surface area contributed by atoms with Gasteiger partial charge in [-0.25, -0.2) is 0 Å². The Bertz CT molecular complexity index is 435. The highest BCUT2D eigenvalue weighted by Crippen LogP contribution is 2.25. The van der Waals surface area contributed by atoms with Gasteiger partial charge in [0.25, 0.3) is 0 Å². The lowest BCUT2D eigenvalue weighted by Gasteiger charge is -2.26. The van der Waals surface area contributed by atoms with E-state index >= 15 is 0 Å². The van der Waals surface area contributed by atoms with Crippen LogP contribution < -0.4 is 16.0 Å². The average molecular weight is 263 g/mol. The van der Waals surface area contributed by atoms with Gasteiger partial charge in [-0.3, -0.25) is 4.79 Å². The quantitative estimate of drug-likeness (QED) is 0.877. The highest BCUT2D eigenvalue weighted by Gasteiger charge is 2.23. The van der Waals surface area contributed by atoms with Crippen LogP contribution in [0.15, 0.2) is 24.3 Å². The molecule has 0 saturated heterocycles. The molecule has 1 aromatic carbocycles. The molecule has 0 aliphatic carbocycles. The number of anilines is 2. The Labute approximate surface area is 116 Å². The minimum Gasteiger partial charge on any atom is -0.376 e. The zero-order valence-electron chi connectivity index (χ0n) is 12.5. The van der Waals surface area contributed by atoms with E-state index in [-0.39, 0.29) is 17.4 Å². The topological polar surface area (TPSA) is 58.4 Å². The van der Waals surface area contributed by atoms with Crippen LogP contribution in [0.25, 0.3) is 0 Å². The van der Waals surface area contributed by atoms with Gasteiger partial charge >= 0.3 is 0 Å². The van der Waals surface area contributed by atoms with E-state index in [2.05, 4.69) is 5.32 Å². The predicted molar refractivity (Wildman–Crippen MR) is 81.4 cm³/mol. The van der Waals surface area contributed by atoms with Gasteiger partial charge in [-0.05, 0) is 17.5 Å². The number of rotatable bonds is 4. The van der Waals surface area contributed by atoms with E-state index < -0.39 is 0 Å². The Balaban J connectivity index is 2.73. The molecule has 0 saturated carbocycles. The van der Waals surface area contributed by atoms with Crippen molar-refractivity contribution in [3.05, 3.63) is 24.3 Å². The fraction of sp³-hybridized carbons (Fsp3) is 0.533. The van der Waals surface area contributed by atoms with Crippen LogP contribution in [0.2, 0.25) is 0 Å². The average Bonchev–Trinajstić information content (AvgIpc) is 2.27. The number of nitrogens with two attached hydrogens (primary N) is 1. The molecular formula is C15H25N3O. The first-order valence-electron chi connectivity index (χ1n) is 6.53.